The van der Waals surface area contributed by atoms with Gasteiger partial charge in [-0.15, -0.1) is 0 Å². The molecule has 0 aromatic carbocycles. The molecule has 1 saturated heterocycles. The van der Waals surface area contributed by atoms with Crippen LogP contribution in [0.25, 0.3) is 0 Å². The molecule has 0 N–H and O–H groups in total. The lowest BCUT2D eigenvalue weighted by Crippen LogP contribution is -2.52. The Labute approximate surface area is 80.4 Å². The second-order valence-electron chi connectivity index (χ2n) is 2.27. The van der Waals surface area contributed by atoms with Gasteiger partial charge in [0.05, 0.1) is 0 Å². The summed E-state index contributed by atoms with van der Waals surface area (Å²) in [6.07, 6.45) is 0. The molecule has 0 aromatic heterocycles. The van der Waals surface area contributed by atoms with Crippen molar-refractivity contribution in [3.8, 4) is 0 Å². The fraction of sp³-hybridized carbons (Fsp3) is 1.00. The molecule has 14 heavy (non-hydrogen) atoms. The van der Waals surface area contributed by atoms with Crippen molar-refractivity contribution in [2.24, 2.45) is 0 Å². The molecule has 1 aliphatic rings. The van der Waals surface area contributed by atoms with Crippen molar-refractivity contribution in [3.05, 3.63) is 0 Å². The summed E-state index contributed by atoms with van der Waals surface area (Å²) in [4.78, 5) is 0. The molecule has 1 heterocycles. The molecule has 0 radical (unpaired) electrons. The number of thioether (sulfide) groups is 2. The van der Waals surface area contributed by atoms with E-state index in [1.54, 1.807) is 0 Å². The van der Waals surface area contributed by atoms with E-state index in [1.807, 2.05) is 0 Å². The van der Waals surface area contributed by atoms with E-state index < -0.39 is 44.5 Å². The van der Waals surface area contributed by atoms with Gasteiger partial charge in [-0.2, -0.15) is 35.1 Å². The molecule has 0 aliphatic carbocycles. The molecular weight excluding hydrogens is 264 g/mol. The molecule has 0 atom stereocenters. The SMILES string of the molecule is FC1(F)SC(F)(F)C(F)(F)SC1(F)F. The quantitative estimate of drug-likeness (QED) is 0.610. The predicted octanol–water partition coefficient (Wildman–Crippen LogP) is 3.84. The Kier molecular flexibility index (Phi) is 2.47. The maximum absolute atomic E-state index is 12.2. The standard InChI is InChI=1S/C4F8S2/c5-1(6)2(7,8)14-4(11,12)3(9,10)13-1. The molecule has 1 fully saturated rings. The van der Waals surface area contributed by atoms with Crippen LogP contribution in [0.1, 0.15) is 0 Å². The zero-order chi connectivity index (χ0) is 11.4. The van der Waals surface area contributed by atoms with E-state index in [0.29, 0.717) is 0 Å². The lowest BCUT2D eigenvalue weighted by atomic mass is 10.7. The van der Waals surface area contributed by atoms with Gasteiger partial charge in [0.15, 0.2) is 0 Å². The van der Waals surface area contributed by atoms with Crippen molar-refractivity contribution >= 4 is 23.5 Å². The highest BCUT2D eigenvalue weighted by Gasteiger charge is 2.78. The molecule has 0 amide bonds. The molecule has 0 bridgehead atoms. The highest BCUT2D eigenvalue weighted by molar-refractivity contribution is 8.09. The van der Waals surface area contributed by atoms with Gasteiger partial charge < -0.3 is 0 Å². The van der Waals surface area contributed by atoms with Crippen LogP contribution in [0.4, 0.5) is 35.1 Å². The van der Waals surface area contributed by atoms with Crippen molar-refractivity contribution in [3.63, 3.8) is 0 Å². The van der Waals surface area contributed by atoms with E-state index >= 15 is 0 Å². The first-order valence-electron chi connectivity index (χ1n) is 2.83. The van der Waals surface area contributed by atoms with Gasteiger partial charge in [-0.3, -0.25) is 0 Å². The van der Waals surface area contributed by atoms with Crippen LogP contribution in [0.5, 0.6) is 0 Å². The van der Waals surface area contributed by atoms with Gasteiger partial charge in [0.2, 0.25) is 0 Å². The number of rotatable bonds is 0. The molecule has 0 spiro atoms. The summed E-state index contributed by atoms with van der Waals surface area (Å²) in [5.41, 5.74) is 0. The van der Waals surface area contributed by atoms with E-state index in [9.17, 15) is 35.1 Å². The fourth-order valence-corrected chi connectivity index (χ4v) is 2.18. The summed E-state index contributed by atoms with van der Waals surface area (Å²) in [6.45, 7) is 0. The first-order valence-corrected chi connectivity index (χ1v) is 4.46. The second-order valence-corrected chi connectivity index (χ2v) is 4.73. The lowest BCUT2D eigenvalue weighted by molar-refractivity contribution is -0.135. The topological polar surface area (TPSA) is 0 Å². The zero-order valence-corrected chi connectivity index (χ0v) is 7.47. The third-order valence-electron chi connectivity index (χ3n) is 1.19. The van der Waals surface area contributed by atoms with Crippen molar-refractivity contribution in [1.29, 1.82) is 0 Å². The average molecular weight is 264 g/mol. The Morgan fingerprint density at radius 3 is 0.714 bits per heavy atom. The number of halogens is 8. The van der Waals surface area contributed by atoms with Crippen LogP contribution in [0.3, 0.4) is 0 Å². The lowest BCUT2D eigenvalue weighted by Gasteiger charge is -2.38. The molecular formula is C4F8S2. The summed E-state index contributed by atoms with van der Waals surface area (Å²) in [5.74, 6) is 0. The van der Waals surface area contributed by atoms with Crippen LogP contribution in [-0.2, 0) is 0 Å². The van der Waals surface area contributed by atoms with Crippen LogP contribution >= 0.6 is 23.5 Å². The van der Waals surface area contributed by atoms with Gasteiger partial charge in [-0.25, -0.2) is 0 Å². The summed E-state index contributed by atoms with van der Waals surface area (Å²) in [7, 11) is 0. The minimum absolute atomic E-state index is 2.03. The first kappa shape index (κ1) is 12.2. The largest absolute Gasteiger partial charge is 0.371 e. The van der Waals surface area contributed by atoms with Gasteiger partial charge in [0.1, 0.15) is 0 Å². The Balaban J connectivity index is 3.07. The Hall–Kier alpha value is 0.140. The van der Waals surface area contributed by atoms with Gasteiger partial charge in [-0.1, -0.05) is 0 Å². The number of hydrogen-bond acceptors (Lipinski definition) is 2. The molecule has 0 unspecified atom stereocenters. The molecule has 1 rings (SSSR count). The van der Waals surface area contributed by atoms with E-state index in [2.05, 4.69) is 0 Å². The predicted molar refractivity (Wildman–Crippen MR) is 35.0 cm³/mol. The van der Waals surface area contributed by atoms with E-state index in [0.717, 1.165) is 0 Å². The van der Waals surface area contributed by atoms with E-state index in [-0.39, 0.29) is 0 Å². The maximum atomic E-state index is 12.2. The average Bonchev–Trinajstić information content (AvgIpc) is 1.78. The van der Waals surface area contributed by atoms with Crippen molar-refractivity contribution in [2.75, 3.05) is 0 Å². The van der Waals surface area contributed by atoms with Crippen LogP contribution in [0.2, 0.25) is 0 Å². The van der Waals surface area contributed by atoms with Crippen molar-refractivity contribution in [1.82, 2.24) is 0 Å². The summed E-state index contributed by atoms with van der Waals surface area (Å²) >= 11 is -4.06. The van der Waals surface area contributed by atoms with Crippen LogP contribution < -0.4 is 0 Å². The number of alkyl halides is 8. The van der Waals surface area contributed by atoms with E-state index in [1.165, 1.54) is 0 Å². The molecule has 1 aliphatic heterocycles. The van der Waals surface area contributed by atoms with Crippen LogP contribution in [-0.4, -0.2) is 21.0 Å². The number of hydrogen-bond donors (Lipinski definition) is 0. The van der Waals surface area contributed by atoms with Crippen molar-refractivity contribution < 1.29 is 35.1 Å². The van der Waals surface area contributed by atoms with Gasteiger partial charge in [0, 0.05) is 23.5 Å². The highest BCUT2D eigenvalue weighted by Crippen LogP contribution is 2.68. The highest BCUT2D eigenvalue weighted by atomic mass is 32.2. The van der Waals surface area contributed by atoms with Crippen LogP contribution in [0, 0.1) is 0 Å². The molecule has 0 aromatic rings. The molecule has 84 valence electrons. The van der Waals surface area contributed by atoms with E-state index in [4.69, 9.17) is 0 Å². The molecule has 0 nitrogen and oxygen atoms in total. The Morgan fingerprint density at radius 1 is 0.429 bits per heavy atom. The third kappa shape index (κ3) is 1.66. The van der Waals surface area contributed by atoms with Crippen molar-refractivity contribution in [2.45, 2.75) is 21.0 Å². The normalized spacial score (nSPS) is 32.6. The molecule has 10 heteroatoms. The van der Waals surface area contributed by atoms with Gasteiger partial charge >= 0.3 is 21.0 Å². The summed E-state index contributed by atoms with van der Waals surface area (Å²) in [6, 6.07) is 0. The third-order valence-corrected chi connectivity index (χ3v) is 3.50. The maximum Gasteiger partial charge on any atom is 0.371 e. The summed E-state index contributed by atoms with van der Waals surface area (Å²) in [5, 5.41) is -20.9. The summed E-state index contributed by atoms with van der Waals surface area (Å²) < 4.78 is 97.6. The smallest absolute Gasteiger partial charge is 0.186 e. The monoisotopic (exact) mass is 264 g/mol. The minimum Gasteiger partial charge on any atom is -0.186 e. The second kappa shape index (κ2) is 2.83. The van der Waals surface area contributed by atoms with Crippen LogP contribution in [0.15, 0.2) is 0 Å². The Morgan fingerprint density at radius 2 is 0.571 bits per heavy atom. The minimum atomic E-state index is -5.22. The first-order chi connectivity index (χ1) is 5.91. The zero-order valence-electron chi connectivity index (χ0n) is 5.84. The Bertz CT molecular complexity index is 198. The fourth-order valence-electron chi connectivity index (χ4n) is 0.560. The molecule has 0 saturated carbocycles. The van der Waals surface area contributed by atoms with Gasteiger partial charge in [-0.05, 0) is 0 Å². The van der Waals surface area contributed by atoms with Gasteiger partial charge in [0.25, 0.3) is 0 Å².